The molecule has 1 fully saturated rings. The van der Waals surface area contributed by atoms with Crippen LogP contribution in [0.2, 0.25) is 0 Å². The molecule has 3 rings (SSSR count). The van der Waals surface area contributed by atoms with Crippen molar-refractivity contribution >= 4 is 28.7 Å². The van der Waals surface area contributed by atoms with Gasteiger partial charge in [0.05, 0.1) is 10.7 Å². The summed E-state index contributed by atoms with van der Waals surface area (Å²) < 4.78 is 0. The SMILES string of the molecule is Cc1nc(-c2ccc(CNC(=S)NC3CCCCC3)cc2)cs1. The number of nitrogens with zero attached hydrogens (tertiary/aromatic N) is 1. The fraction of sp³-hybridized carbons (Fsp3) is 0.444. The Morgan fingerprint density at radius 2 is 1.96 bits per heavy atom. The Morgan fingerprint density at radius 3 is 2.61 bits per heavy atom. The van der Waals surface area contributed by atoms with E-state index < -0.39 is 0 Å². The van der Waals surface area contributed by atoms with Crippen molar-refractivity contribution in [3.63, 3.8) is 0 Å². The standard InChI is InChI=1S/C18H23N3S2/c1-13-20-17(12-23-13)15-9-7-14(8-10-15)11-19-18(22)21-16-5-3-2-4-6-16/h7-10,12,16H,2-6,11H2,1H3,(H2,19,21,22). The Bertz CT molecular complexity index is 643. The first kappa shape index (κ1) is 16.4. The highest BCUT2D eigenvalue weighted by molar-refractivity contribution is 7.80. The maximum Gasteiger partial charge on any atom is 0.166 e. The molecule has 1 aromatic carbocycles. The van der Waals surface area contributed by atoms with E-state index >= 15 is 0 Å². The number of thiazole rings is 1. The summed E-state index contributed by atoms with van der Waals surface area (Å²) in [5.41, 5.74) is 3.45. The smallest absolute Gasteiger partial charge is 0.166 e. The number of nitrogens with one attached hydrogen (secondary N) is 2. The molecule has 1 saturated carbocycles. The third-order valence-corrected chi connectivity index (χ3v) is 5.30. The summed E-state index contributed by atoms with van der Waals surface area (Å²) in [7, 11) is 0. The molecule has 5 heteroatoms. The van der Waals surface area contributed by atoms with Gasteiger partial charge < -0.3 is 10.6 Å². The van der Waals surface area contributed by atoms with Gasteiger partial charge in [0.25, 0.3) is 0 Å². The Morgan fingerprint density at radius 1 is 1.22 bits per heavy atom. The van der Waals surface area contributed by atoms with Crippen molar-refractivity contribution in [1.29, 1.82) is 0 Å². The summed E-state index contributed by atoms with van der Waals surface area (Å²) in [5, 5.41) is 10.7. The van der Waals surface area contributed by atoms with Gasteiger partial charge in [0, 0.05) is 23.5 Å². The Balaban J connectivity index is 1.49. The second kappa shape index (κ2) is 7.88. The van der Waals surface area contributed by atoms with Crippen LogP contribution in [0.4, 0.5) is 0 Å². The number of aromatic nitrogens is 1. The van der Waals surface area contributed by atoms with Gasteiger partial charge in [-0.1, -0.05) is 43.5 Å². The predicted molar refractivity (Wildman–Crippen MR) is 102 cm³/mol. The largest absolute Gasteiger partial charge is 0.360 e. The quantitative estimate of drug-likeness (QED) is 0.805. The highest BCUT2D eigenvalue weighted by atomic mass is 32.1. The fourth-order valence-electron chi connectivity index (χ4n) is 2.96. The zero-order chi connectivity index (χ0) is 16.1. The zero-order valence-electron chi connectivity index (χ0n) is 13.5. The minimum Gasteiger partial charge on any atom is -0.360 e. The fourth-order valence-corrected chi connectivity index (χ4v) is 3.82. The van der Waals surface area contributed by atoms with Gasteiger partial charge in [0.15, 0.2) is 5.11 Å². The summed E-state index contributed by atoms with van der Waals surface area (Å²) in [6.45, 7) is 2.79. The molecule has 0 unspecified atom stereocenters. The molecule has 0 spiro atoms. The number of rotatable bonds is 4. The predicted octanol–water partition coefficient (Wildman–Crippen LogP) is 4.42. The lowest BCUT2D eigenvalue weighted by molar-refractivity contribution is 0.412. The number of thiocarbonyl (C=S) groups is 1. The lowest BCUT2D eigenvalue weighted by Crippen LogP contribution is -2.42. The van der Waals surface area contributed by atoms with Gasteiger partial charge in [-0.25, -0.2) is 4.98 Å². The normalized spacial score (nSPS) is 15.3. The van der Waals surface area contributed by atoms with Crippen LogP contribution in [0.3, 0.4) is 0 Å². The molecule has 122 valence electrons. The minimum atomic E-state index is 0.555. The first-order valence-corrected chi connectivity index (χ1v) is 9.55. The first-order valence-electron chi connectivity index (χ1n) is 8.26. The summed E-state index contributed by atoms with van der Waals surface area (Å²) in [5.74, 6) is 0. The van der Waals surface area contributed by atoms with Crippen molar-refractivity contribution < 1.29 is 0 Å². The van der Waals surface area contributed by atoms with Crippen molar-refractivity contribution in [3.05, 3.63) is 40.2 Å². The van der Waals surface area contributed by atoms with Gasteiger partial charge in [-0.3, -0.25) is 0 Å². The van der Waals surface area contributed by atoms with Crippen LogP contribution in [-0.2, 0) is 6.54 Å². The molecule has 2 N–H and O–H groups in total. The first-order chi connectivity index (χ1) is 11.2. The van der Waals surface area contributed by atoms with Gasteiger partial charge in [-0.15, -0.1) is 11.3 Å². The zero-order valence-corrected chi connectivity index (χ0v) is 15.1. The van der Waals surface area contributed by atoms with E-state index in [0.29, 0.717) is 6.04 Å². The van der Waals surface area contributed by atoms with E-state index in [0.717, 1.165) is 22.4 Å². The minimum absolute atomic E-state index is 0.555. The second-order valence-corrected chi connectivity index (χ2v) is 7.58. The highest BCUT2D eigenvalue weighted by Crippen LogP contribution is 2.21. The molecule has 1 aliphatic carbocycles. The summed E-state index contributed by atoms with van der Waals surface area (Å²) in [6, 6.07) is 9.09. The molecule has 0 radical (unpaired) electrons. The van der Waals surface area contributed by atoms with E-state index in [-0.39, 0.29) is 0 Å². The number of hydrogen-bond donors (Lipinski definition) is 2. The molecule has 0 amide bonds. The van der Waals surface area contributed by atoms with E-state index in [1.54, 1.807) is 11.3 Å². The van der Waals surface area contributed by atoms with Crippen LogP contribution in [0.25, 0.3) is 11.3 Å². The van der Waals surface area contributed by atoms with Crippen molar-refractivity contribution in [3.8, 4) is 11.3 Å². The van der Waals surface area contributed by atoms with Crippen molar-refractivity contribution in [1.82, 2.24) is 15.6 Å². The molecule has 1 aliphatic rings. The highest BCUT2D eigenvalue weighted by Gasteiger charge is 2.13. The lowest BCUT2D eigenvalue weighted by atomic mass is 9.96. The van der Waals surface area contributed by atoms with Gasteiger partial charge in [-0.2, -0.15) is 0 Å². The van der Waals surface area contributed by atoms with Crippen LogP contribution in [0.15, 0.2) is 29.6 Å². The van der Waals surface area contributed by atoms with Crippen LogP contribution in [0.1, 0.15) is 42.7 Å². The summed E-state index contributed by atoms with van der Waals surface area (Å²) in [6.07, 6.45) is 6.48. The molecule has 0 atom stereocenters. The van der Waals surface area contributed by atoms with Gasteiger partial charge in [0.2, 0.25) is 0 Å². The van der Waals surface area contributed by atoms with E-state index in [1.165, 1.54) is 43.2 Å². The number of aryl methyl sites for hydroxylation is 1. The van der Waals surface area contributed by atoms with Gasteiger partial charge in [-0.05, 0) is 37.5 Å². The van der Waals surface area contributed by atoms with Crippen LogP contribution >= 0.6 is 23.6 Å². The molecule has 2 aromatic rings. The third-order valence-electron chi connectivity index (χ3n) is 4.26. The molecule has 0 aliphatic heterocycles. The molecular weight excluding hydrogens is 322 g/mol. The summed E-state index contributed by atoms with van der Waals surface area (Å²) >= 11 is 7.09. The van der Waals surface area contributed by atoms with E-state index in [2.05, 4.69) is 45.3 Å². The topological polar surface area (TPSA) is 37.0 Å². The molecule has 0 saturated heterocycles. The molecule has 3 nitrogen and oxygen atoms in total. The van der Waals surface area contributed by atoms with Crippen LogP contribution in [-0.4, -0.2) is 16.1 Å². The maximum absolute atomic E-state index is 5.41. The van der Waals surface area contributed by atoms with E-state index in [9.17, 15) is 0 Å². The monoisotopic (exact) mass is 345 g/mol. The number of hydrogen-bond acceptors (Lipinski definition) is 3. The third kappa shape index (κ3) is 4.75. The van der Waals surface area contributed by atoms with Crippen LogP contribution in [0.5, 0.6) is 0 Å². The average molecular weight is 346 g/mol. The van der Waals surface area contributed by atoms with E-state index in [1.807, 2.05) is 6.92 Å². The van der Waals surface area contributed by atoms with Crippen LogP contribution in [0, 0.1) is 6.92 Å². The molecular formula is C18H23N3S2. The summed E-state index contributed by atoms with van der Waals surface area (Å²) in [4.78, 5) is 4.52. The Kier molecular flexibility index (Phi) is 5.62. The van der Waals surface area contributed by atoms with Crippen LogP contribution < -0.4 is 10.6 Å². The van der Waals surface area contributed by atoms with Crippen molar-refractivity contribution in [2.24, 2.45) is 0 Å². The molecule has 0 bridgehead atoms. The average Bonchev–Trinajstić information content (AvgIpc) is 3.01. The van der Waals surface area contributed by atoms with Gasteiger partial charge in [0.1, 0.15) is 0 Å². The Hall–Kier alpha value is -1.46. The second-order valence-electron chi connectivity index (χ2n) is 6.11. The van der Waals surface area contributed by atoms with Crippen molar-refractivity contribution in [2.45, 2.75) is 51.6 Å². The maximum atomic E-state index is 5.41. The van der Waals surface area contributed by atoms with E-state index in [4.69, 9.17) is 12.2 Å². The molecule has 1 heterocycles. The molecule has 1 aromatic heterocycles. The Labute approximate surface area is 147 Å². The lowest BCUT2D eigenvalue weighted by Gasteiger charge is -2.24. The number of benzene rings is 1. The van der Waals surface area contributed by atoms with Crippen molar-refractivity contribution in [2.75, 3.05) is 0 Å². The molecule has 23 heavy (non-hydrogen) atoms. The van der Waals surface area contributed by atoms with Gasteiger partial charge >= 0.3 is 0 Å².